The molecule has 3 aromatic carbocycles. The van der Waals surface area contributed by atoms with Gasteiger partial charge in [0.15, 0.2) is 0 Å². The number of hydrogen-bond donors (Lipinski definition) is 5. The Balaban J connectivity index is 1.54. The summed E-state index contributed by atoms with van der Waals surface area (Å²) in [5.41, 5.74) is 7.96. The van der Waals surface area contributed by atoms with Crippen LogP contribution in [0.15, 0.2) is 66.7 Å². The second-order valence-corrected chi connectivity index (χ2v) is 9.03. The molecule has 0 saturated carbocycles. The fraction of sp³-hybridized carbons (Fsp3) is 0.0741. The van der Waals surface area contributed by atoms with Crippen LogP contribution in [0, 0.1) is 0 Å². The molecule has 1 unspecified atom stereocenters. The third-order valence-electron chi connectivity index (χ3n) is 5.72. The van der Waals surface area contributed by atoms with Crippen LogP contribution < -0.4 is 21.1 Å². The molecule has 6 N–H and O–H groups in total. The Morgan fingerprint density at radius 2 is 1.66 bits per heavy atom. The quantitative estimate of drug-likeness (QED) is 0.181. The highest BCUT2D eigenvalue weighted by Gasteiger charge is 2.19. The van der Waals surface area contributed by atoms with E-state index in [-0.39, 0.29) is 16.3 Å². The highest BCUT2D eigenvalue weighted by molar-refractivity contribution is 6.39. The second kappa shape index (κ2) is 11.3. The molecule has 3 amide bonds. The fourth-order valence-electron chi connectivity index (χ4n) is 4.01. The van der Waals surface area contributed by atoms with E-state index in [0.717, 1.165) is 11.1 Å². The lowest BCUT2D eigenvalue weighted by Gasteiger charge is -2.19. The molecule has 1 atom stereocenters. The summed E-state index contributed by atoms with van der Waals surface area (Å²) in [7, 11) is 1.56. The third kappa shape index (κ3) is 5.91. The topological polar surface area (TPSA) is 147 Å². The molecular formula is C27H22Cl2N4O5. The van der Waals surface area contributed by atoms with Crippen LogP contribution in [0.5, 0.6) is 5.75 Å². The Morgan fingerprint density at radius 1 is 1.03 bits per heavy atom. The number of carboxylic acids is 1. The number of amides is 3. The predicted octanol–water partition coefficient (Wildman–Crippen LogP) is 5.59. The number of fused-ring (bicyclic) bond motifs is 1. The lowest BCUT2D eigenvalue weighted by Crippen LogP contribution is -2.33. The van der Waals surface area contributed by atoms with Gasteiger partial charge in [0.1, 0.15) is 11.4 Å². The van der Waals surface area contributed by atoms with Gasteiger partial charge in [-0.05, 0) is 53.6 Å². The van der Waals surface area contributed by atoms with Crippen LogP contribution >= 0.6 is 23.2 Å². The van der Waals surface area contributed by atoms with Crippen LogP contribution in [0.3, 0.4) is 0 Å². The van der Waals surface area contributed by atoms with Crippen molar-refractivity contribution in [2.75, 3.05) is 12.4 Å². The smallest absolute Gasteiger partial charge is 0.352 e. The van der Waals surface area contributed by atoms with E-state index >= 15 is 0 Å². The standard InChI is InChI=1S/C27H22Cl2N4O5/c1-38-18-8-4-15(5-9-18)24(33-27(30)37)14-2-6-17(7-3-14)31-22(34)11-10-19-23-20(29)12-16(28)13-21(23)32-25(19)26(35)36/h2-13,24,32H,1H3,(H,31,34)(H,35,36)(H3,30,33,37). The number of hydrogen-bond acceptors (Lipinski definition) is 4. The number of urea groups is 1. The maximum Gasteiger partial charge on any atom is 0.352 e. The predicted molar refractivity (Wildman–Crippen MR) is 147 cm³/mol. The summed E-state index contributed by atoms with van der Waals surface area (Å²) in [5, 5.41) is 16.0. The number of carbonyl (C=O) groups excluding carboxylic acids is 2. The first-order valence-corrected chi connectivity index (χ1v) is 11.9. The van der Waals surface area contributed by atoms with Gasteiger partial charge in [-0.3, -0.25) is 4.79 Å². The van der Waals surface area contributed by atoms with Gasteiger partial charge in [0, 0.05) is 33.3 Å². The van der Waals surface area contributed by atoms with Gasteiger partial charge < -0.3 is 31.2 Å². The number of carboxylic acid groups (broad SMARTS) is 1. The average molecular weight is 553 g/mol. The van der Waals surface area contributed by atoms with Gasteiger partial charge in [0.25, 0.3) is 0 Å². The Bertz CT molecular complexity index is 1550. The monoisotopic (exact) mass is 552 g/mol. The number of carbonyl (C=O) groups is 3. The molecule has 194 valence electrons. The normalized spacial score (nSPS) is 11.9. The second-order valence-electron chi connectivity index (χ2n) is 8.19. The van der Waals surface area contributed by atoms with Crippen LogP contribution in [0.1, 0.15) is 33.2 Å². The molecule has 1 heterocycles. The van der Waals surface area contributed by atoms with E-state index < -0.39 is 23.9 Å². The summed E-state index contributed by atoms with van der Waals surface area (Å²) in [6.07, 6.45) is 2.59. The van der Waals surface area contributed by atoms with E-state index in [1.54, 1.807) is 49.6 Å². The molecule has 0 fully saturated rings. The third-order valence-corrected chi connectivity index (χ3v) is 6.23. The minimum absolute atomic E-state index is 0.121. The molecule has 0 aliphatic carbocycles. The maximum atomic E-state index is 12.6. The number of aromatic carboxylic acids is 1. The summed E-state index contributed by atoms with van der Waals surface area (Å²) in [6, 6.07) is 15.9. The number of primary amides is 1. The minimum atomic E-state index is -1.21. The summed E-state index contributed by atoms with van der Waals surface area (Å²) >= 11 is 12.3. The molecule has 9 nitrogen and oxygen atoms in total. The Kier molecular flexibility index (Phi) is 7.90. The molecule has 0 spiro atoms. The maximum absolute atomic E-state index is 12.6. The fourth-order valence-corrected chi connectivity index (χ4v) is 4.60. The first-order chi connectivity index (χ1) is 18.2. The largest absolute Gasteiger partial charge is 0.497 e. The van der Waals surface area contributed by atoms with E-state index in [2.05, 4.69) is 15.6 Å². The van der Waals surface area contributed by atoms with E-state index in [1.807, 2.05) is 12.1 Å². The van der Waals surface area contributed by atoms with Gasteiger partial charge in [-0.2, -0.15) is 0 Å². The SMILES string of the molecule is COc1ccc(C(NC(N)=O)c2ccc(NC(=O)C=Cc3c(C(=O)O)[nH]c4cc(Cl)cc(Cl)c34)cc2)cc1. The van der Waals surface area contributed by atoms with Gasteiger partial charge >= 0.3 is 12.0 Å². The summed E-state index contributed by atoms with van der Waals surface area (Å²) in [5.74, 6) is -1.03. The first-order valence-electron chi connectivity index (χ1n) is 11.2. The number of nitrogens with one attached hydrogen (secondary N) is 3. The Morgan fingerprint density at radius 3 is 2.24 bits per heavy atom. The molecule has 0 bridgehead atoms. The van der Waals surface area contributed by atoms with Crippen molar-refractivity contribution in [2.24, 2.45) is 5.73 Å². The number of nitrogens with two attached hydrogens (primary N) is 1. The van der Waals surface area contributed by atoms with Crippen molar-refractivity contribution in [3.05, 3.63) is 99.2 Å². The number of anilines is 1. The number of ether oxygens (including phenoxy) is 1. The van der Waals surface area contributed by atoms with Crippen LogP contribution in [-0.2, 0) is 4.79 Å². The van der Waals surface area contributed by atoms with Crippen LogP contribution in [0.4, 0.5) is 10.5 Å². The molecule has 0 aliphatic heterocycles. The zero-order chi connectivity index (χ0) is 27.4. The van der Waals surface area contributed by atoms with Gasteiger partial charge in [-0.15, -0.1) is 0 Å². The van der Waals surface area contributed by atoms with E-state index in [4.69, 9.17) is 33.7 Å². The lowest BCUT2D eigenvalue weighted by atomic mass is 9.98. The number of methoxy groups -OCH3 is 1. The van der Waals surface area contributed by atoms with Crippen molar-refractivity contribution in [3.63, 3.8) is 0 Å². The van der Waals surface area contributed by atoms with Crippen molar-refractivity contribution >= 4 is 63.8 Å². The van der Waals surface area contributed by atoms with Gasteiger partial charge in [0.2, 0.25) is 5.91 Å². The van der Waals surface area contributed by atoms with Crippen LogP contribution in [0.25, 0.3) is 17.0 Å². The lowest BCUT2D eigenvalue weighted by molar-refractivity contribution is -0.111. The zero-order valence-electron chi connectivity index (χ0n) is 19.9. The van der Waals surface area contributed by atoms with Crippen molar-refractivity contribution in [1.82, 2.24) is 10.3 Å². The Hall–Kier alpha value is -4.47. The van der Waals surface area contributed by atoms with E-state index in [1.165, 1.54) is 18.2 Å². The molecule has 38 heavy (non-hydrogen) atoms. The minimum Gasteiger partial charge on any atom is -0.497 e. The van der Waals surface area contributed by atoms with Crippen molar-refractivity contribution in [2.45, 2.75) is 6.04 Å². The Labute approximate surface area is 227 Å². The molecular weight excluding hydrogens is 531 g/mol. The first kappa shape index (κ1) is 26.6. The molecule has 1 aromatic heterocycles. The highest BCUT2D eigenvalue weighted by Crippen LogP contribution is 2.33. The summed E-state index contributed by atoms with van der Waals surface area (Å²) in [4.78, 5) is 38.7. The molecule has 4 aromatic rings. The van der Waals surface area contributed by atoms with Crippen molar-refractivity contribution in [3.8, 4) is 5.75 Å². The van der Waals surface area contributed by atoms with Crippen LogP contribution in [0.2, 0.25) is 10.0 Å². The van der Waals surface area contributed by atoms with Gasteiger partial charge in [-0.1, -0.05) is 47.5 Å². The molecule has 0 saturated heterocycles. The molecule has 11 heteroatoms. The molecule has 0 radical (unpaired) electrons. The number of rotatable bonds is 8. The summed E-state index contributed by atoms with van der Waals surface area (Å²) in [6.45, 7) is 0. The molecule has 4 rings (SSSR count). The van der Waals surface area contributed by atoms with E-state index in [9.17, 15) is 19.5 Å². The highest BCUT2D eigenvalue weighted by atomic mass is 35.5. The molecule has 0 aliphatic rings. The zero-order valence-corrected chi connectivity index (χ0v) is 21.4. The number of H-pyrrole nitrogens is 1. The van der Waals surface area contributed by atoms with E-state index in [0.29, 0.717) is 27.4 Å². The van der Waals surface area contributed by atoms with Gasteiger partial charge in [0.05, 0.1) is 18.2 Å². The van der Waals surface area contributed by atoms with Crippen molar-refractivity contribution < 1.29 is 24.2 Å². The van der Waals surface area contributed by atoms with Crippen molar-refractivity contribution in [1.29, 1.82) is 0 Å². The average Bonchev–Trinajstić information content (AvgIpc) is 3.25. The number of halogens is 2. The number of aromatic nitrogens is 1. The van der Waals surface area contributed by atoms with Crippen LogP contribution in [-0.4, -0.2) is 35.1 Å². The number of aromatic amines is 1. The van der Waals surface area contributed by atoms with Gasteiger partial charge in [-0.25, -0.2) is 9.59 Å². The summed E-state index contributed by atoms with van der Waals surface area (Å²) < 4.78 is 5.18. The number of benzene rings is 3.